The second kappa shape index (κ2) is 9.60. The zero-order valence-electron chi connectivity index (χ0n) is 16.7. The molecule has 0 heterocycles. The van der Waals surface area contributed by atoms with E-state index in [1.54, 1.807) is 0 Å². The van der Waals surface area contributed by atoms with Crippen molar-refractivity contribution >= 4 is 29.5 Å². The molecular formula is C24H28NOPS. The summed E-state index contributed by atoms with van der Waals surface area (Å²) in [5.74, 6) is 0. The molecule has 0 radical (unpaired) electrons. The molecule has 1 unspecified atom stereocenters. The summed E-state index contributed by atoms with van der Waals surface area (Å²) in [7, 11) is -1.71. The second-order valence-electron chi connectivity index (χ2n) is 7.74. The van der Waals surface area contributed by atoms with Gasteiger partial charge < -0.3 is 0 Å². The molecule has 4 heteroatoms. The molecule has 0 saturated heterocycles. The molecule has 0 saturated carbocycles. The van der Waals surface area contributed by atoms with E-state index in [-0.39, 0.29) is 10.8 Å². The summed E-state index contributed by atoms with van der Waals surface area (Å²) in [4.78, 5) is 0. The molecular weight excluding hydrogens is 381 g/mol. The molecule has 0 amide bonds. The van der Waals surface area contributed by atoms with E-state index in [1.165, 1.54) is 16.2 Å². The fourth-order valence-electron chi connectivity index (χ4n) is 2.96. The summed E-state index contributed by atoms with van der Waals surface area (Å²) in [6.07, 6.45) is 0.898. The van der Waals surface area contributed by atoms with Crippen LogP contribution in [0.25, 0.3) is 0 Å². The van der Waals surface area contributed by atoms with Crippen LogP contribution in [0, 0.1) is 0 Å². The Labute approximate surface area is 172 Å². The minimum Gasteiger partial charge on any atom is -0.242 e. The standard InChI is InChI=1S/C24H28NOPS/c1-24(2,3)28(26)25-23(20-13-7-4-8-14-20)19-27(21-15-9-5-10-16-21)22-17-11-6-12-18-22/h4-18,23,25H,19H2,1-3H3/t23?,28-/m1/s1. The summed E-state index contributed by atoms with van der Waals surface area (Å²) >= 11 is 0. The highest BCUT2D eigenvalue weighted by Crippen LogP contribution is 2.38. The van der Waals surface area contributed by atoms with Gasteiger partial charge in [0.05, 0.1) is 15.7 Å². The highest BCUT2D eigenvalue weighted by Gasteiger charge is 2.26. The maximum absolute atomic E-state index is 12.9. The molecule has 3 rings (SSSR count). The summed E-state index contributed by atoms with van der Waals surface area (Å²) in [5.41, 5.74) is 1.18. The van der Waals surface area contributed by atoms with Crippen LogP contribution in [0.5, 0.6) is 0 Å². The Kier molecular flexibility index (Phi) is 7.18. The average Bonchev–Trinajstić information content (AvgIpc) is 2.72. The highest BCUT2D eigenvalue weighted by atomic mass is 32.2. The summed E-state index contributed by atoms with van der Waals surface area (Å²) in [5, 5.41) is 2.68. The average molecular weight is 410 g/mol. The molecule has 0 aliphatic rings. The highest BCUT2D eigenvalue weighted by molar-refractivity contribution is 7.84. The Morgan fingerprint density at radius 2 is 1.21 bits per heavy atom. The van der Waals surface area contributed by atoms with E-state index >= 15 is 0 Å². The first kappa shape index (κ1) is 20.9. The van der Waals surface area contributed by atoms with Crippen molar-refractivity contribution in [2.75, 3.05) is 6.16 Å². The van der Waals surface area contributed by atoms with Crippen LogP contribution >= 0.6 is 7.92 Å². The maximum atomic E-state index is 12.9. The molecule has 0 aliphatic carbocycles. The van der Waals surface area contributed by atoms with Gasteiger partial charge in [-0.1, -0.05) is 91.0 Å². The van der Waals surface area contributed by atoms with Gasteiger partial charge in [-0.25, -0.2) is 8.93 Å². The molecule has 2 atom stereocenters. The van der Waals surface area contributed by atoms with E-state index in [0.717, 1.165) is 6.16 Å². The first-order valence-electron chi connectivity index (χ1n) is 9.56. The number of benzene rings is 3. The molecule has 1 N–H and O–H groups in total. The van der Waals surface area contributed by atoms with Gasteiger partial charge in [0.25, 0.3) is 0 Å². The minimum atomic E-state index is -1.14. The van der Waals surface area contributed by atoms with Gasteiger partial charge in [-0.05, 0) is 51.0 Å². The number of nitrogens with one attached hydrogen (secondary N) is 1. The Morgan fingerprint density at radius 3 is 1.64 bits per heavy atom. The zero-order valence-corrected chi connectivity index (χ0v) is 18.4. The normalized spacial score (nSPS) is 14.0. The van der Waals surface area contributed by atoms with E-state index in [1.807, 2.05) is 26.8 Å². The van der Waals surface area contributed by atoms with Gasteiger partial charge in [-0.2, -0.15) is 0 Å². The first-order chi connectivity index (χ1) is 13.4. The van der Waals surface area contributed by atoms with Crippen LogP contribution in [0.2, 0.25) is 0 Å². The molecule has 2 nitrogen and oxygen atoms in total. The van der Waals surface area contributed by atoms with Crippen molar-refractivity contribution in [1.29, 1.82) is 0 Å². The predicted molar refractivity (Wildman–Crippen MR) is 124 cm³/mol. The van der Waals surface area contributed by atoms with Gasteiger partial charge in [-0.15, -0.1) is 0 Å². The molecule has 0 aromatic heterocycles. The summed E-state index contributed by atoms with van der Waals surface area (Å²) in [6, 6.07) is 31.8. The lowest BCUT2D eigenvalue weighted by Gasteiger charge is -2.28. The minimum absolute atomic E-state index is 0.0211. The lowest BCUT2D eigenvalue weighted by molar-refractivity contribution is 0.618. The smallest absolute Gasteiger partial charge is 0.0976 e. The van der Waals surface area contributed by atoms with Gasteiger partial charge in [0.1, 0.15) is 0 Å². The van der Waals surface area contributed by atoms with Crippen LogP contribution in [0.15, 0.2) is 91.0 Å². The van der Waals surface area contributed by atoms with Gasteiger partial charge in [0.2, 0.25) is 0 Å². The fraction of sp³-hybridized carbons (Fsp3) is 0.250. The van der Waals surface area contributed by atoms with Crippen LogP contribution < -0.4 is 15.3 Å². The number of rotatable bonds is 7. The van der Waals surface area contributed by atoms with E-state index in [9.17, 15) is 4.21 Å². The third-order valence-electron chi connectivity index (χ3n) is 4.51. The molecule has 146 valence electrons. The van der Waals surface area contributed by atoms with Crippen molar-refractivity contribution in [3.05, 3.63) is 96.6 Å². The monoisotopic (exact) mass is 409 g/mol. The lowest BCUT2D eigenvalue weighted by Crippen LogP contribution is -2.37. The summed E-state index contributed by atoms with van der Waals surface area (Å²) in [6.45, 7) is 6.03. The van der Waals surface area contributed by atoms with Gasteiger partial charge in [-0.3, -0.25) is 0 Å². The third kappa shape index (κ3) is 5.61. The SMILES string of the molecule is CC(C)(C)[S@@](=O)NC(CP(c1ccccc1)c1ccccc1)c1ccccc1. The van der Waals surface area contributed by atoms with E-state index in [4.69, 9.17) is 0 Å². The molecule has 0 aliphatic heterocycles. The van der Waals surface area contributed by atoms with Crippen molar-refractivity contribution in [2.45, 2.75) is 31.6 Å². The van der Waals surface area contributed by atoms with E-state index in [2.05, 4.69) is 89.7 Å². The Hall–Kier alpha value is -1.80. The van der Waals surface area contributed by atoms with Crippen LogP contribution in [-0.4, -0.2) is 15.1 Å². The van der Waals surface area contributed by atoms with Crippen LogP contribution in [0.4, 0.5) is 0 Å². The van der Waals surface area contributed by atoms with Crippen LogP contribution in [0.3, 0.4) is 0 Å². The second-order valence-corrected chi connectivity index (χ2v) is 12.0. The Balaban J connectivity index is 1.97. The molecule has 0 fully saturated rings. The first-order valence-corrected chi connectivity index (χ1v) is 12.2. The molecule has 0 spiro atoms. The molecule has 3 aromatic carbocycles. The van der Waals surface area contributed by atoms with Crippen molar-refractivity contribution in [3.63, 3.8) is 0 Å². The quantitative estimate of drug-likeness (QED) is 0.552. The topological polar surface area (TPSA) is 29.1 Å². The van der Waals surface area contributed by atoms with Crippen molar-refractivity contribution in [3.8, 4) is 0 Å². The number of hydrogen-bond acceptors (Lipinski definition) is 1. The predicted octanol–water partition coefficient (Wildman–Crippen LogP) is 4.91. The van der Waals surface area contributed by atoms with Gasteiger partial charge >= 0.3 is 0 Å². The lowest BCUT2D eigenvalue weighted by atomic mass is 10.1. The van der Waals surface area contributed by atoms with E-state index in [0.29, 0.717) is 0 Å². The van der Waals surface area contributed by atoms with E-state index < -0.39 is 18.9 Å². The molecule has 0 bridgehead atoms. The Bertz CT molecular complexity index is 839. The third-order valence-corrected chi connectivity index (χ3v) is 8.69. The zero-order chi connectivity index (χ0) is 20.0. The fourth-order valence-corrected chi connectivity index (χ4v) is 6.37. The molecule has 28 heavy (non-hydrogen) atoms. The van der Waals surface area contributed by atoms with Crippen molar-refractivity contribution < 1.29 is 4.21 Å². The van der Waals surface area contributed by atoms with Gasteiger partial charge in [0.15, 0.2) is 0 Å². The van der Waals surface area contributed by atoms with Crippen LogP contribution in [-0.2, 0) is 11.0 Å². The van der Waals surface area contributed by atoms with Crippen molar-refractivity contribution in [2.24, 2.45) is 0 Å². The summed E-state index contributed by atoms with van der Waals surface area (Å²) < 4.78 is 16.0. The maximum Gasteiger partial charge on any atom is 0.0976 e. The van der Waals surface area contributed by atoms with Gasteiger partial charge in [0, 0.05) is 6.04 Å². The number of hydrogen-bond donors (Lipinski definition) is 1. The Morgan fingerprint density at radius 1 is 0.786 bits per heavy atom. The molecule has 3 aromatic rings. The largest absolute Gasteiger partial charge is 0.242 e. The van der Waals surface area contributed by atoms with Crippen LogP contribution in [0.1, 0.15) is 32.4 Å². The van der Waals surface area contributed by atoms with Crippen molar-refractivity contribution in [1.82, 2.24) is 4.72 Å².